The van der Waals surface area contributed by atoms with Gasteiger partial charge in [-0.05, 0) is 31.0 Å². The summed E-state index contributed by atoms with van der Waals surface area (Å²) in [7, 11) is 0. The van der Waals surface area contributed by atoms with Gasteiger partial charge in [-0.1, -0.05) is 0 Å². The minimum absolute atomic E-state index is 0.000245. The smallest absolute Gasteiger partial charge is 0.475 e. The lowest BCUT2D eigenvalue weighted by molar-refractivity contribution is -0.200. The second-order valence-corrected chi connectivity index (χ2v) is 9.36. The third-order valence-electron chi connectivity index (χ3n) is 5.40. The van der Waals surface area contributed by atoms with Gasteiger partial charge in [0, 0.05) is 49.9 Å². The highest BCUT2D eigenvalue weighted by atomic mass is 32.1. The fourth-order valence-corrected chi connectivity index (χ4v) is 4.42. The summed E-state index contributed by atoms with van der Waals surface area (Å²) in [4.78, 5) is 30.0. The van der Waals surface area contributed by atoms with E-state index in [0.29, 0.717) is 12.7 Å². The van der Waals surface area contributed by atoms with E-state index in [1.165, 1.54) is 10.4 Å². The number of aromatic nitrogens is 2. The number of aliphatic carboxylic acids is 2. The predicted molar refractivity (Wildman–Crippen MR) is 120 cm³/mol. The third-order valence-corrected chi connectivity index (χ3v) is 6.32. The number of thiazole rings is 1. The molecule has 0 aromatic carbocycles. The van der Waals surface area contributed by atoms with Crippen molar-refractivity contribution in [2.75, 3.05) is 19.7 Å². The lowest BCUT2D eigenvalue weighted by Gasteiger charge is -2.53. The zero-order chi connectivity index (χ0) is 28.6. The van der Waals surface area contributed by atoms with Crippen LogP contribution in [-0.2, 0) is 32.2 Å². The molecule has 2 fully saturated rings. The number of hydrogen-bond donors (Lipinski definition) is 2. The highest BCUT2D eigenvalue weighted by Crippen LogP contribution is 2.36. The van der Waals surface area contributed by atoms with E-state index < -0.39 is 24.3 Å². The van der Waals surface area contributed by atoms with Crippen LogP contribution in [0.2, 0.25) is 0 Å². The van der Waals surface area contributed by atoms with Gasteiger partial charge in [0.2, 0.25) is 0 Å². The fraction of sp³-hybridized carbons (Fsp3) is 0.545. The van der Waals surface area contributed by atoms with Crippen molar-refractivity contribution in [1.82, 2.24) is 14.9 Å². The van der Waals surface area contributed by atoms with Crippen LogP contribution < -0.4 is 0 Å². The van der Waals surface area contributed by atoms with Crippen LogP contribution in [0.25, 0.3) is 0 Å². The molecule has 212 valence electrons. The molecule has 0 bridgehead atoms. The number of likely N-dealkylation sites (tertiary alicyclic amines) is 1. The van der Waals surface area contributed by atoms with Gasteiger partial charge in [-0.15, -0.1) is 11.3 Å². The number of rotatable bonds is 5. The maximum atomic E-state index is 10.6. The highest BCUT2D eigenvalue weighted by Gasteiger charge is 2.47. The van der Waals surface area contributed by atoms with Gasteiger partial charge < -0.3 is 19.7 Å². The number of alkyl halides is 6. The average Bonchev–Trinajstić information content (AvgIpc) is 3.21. The maximum Gasteiger partial charge on any atom is 0.490 e. The first-order valence-corrected chi connectivity index (χ1v) is 11.9. The minimum Gasteiger partial charge on any atom is -0.475 e. The van der Waals surface area contributed by atoms with Crippen molar-refractivity contribution in [1.29, 1.82) is 0 Å². The molecule has 38 heavy (non-hydrogen) atoms. The Kier molecular flexibility index (Phi) is 11.0. The van der Waals surface area contributed by atoms with Gasteiger partial charge >= 0.3 is 24.3 Å². The van der Waals surface area contributed by atoms with Crippen LogP contribution in [0.3, 0.4) is 0 Å². The minimum atomic E-state index is -5.08. The number of halogens is 6. The zero-order valence-electron chi connectivity index (χ0n) is 20.0. The van der Waals surface area contributed by atoms with Crippen LogP contribution in [0.5, 0.6) is 0 Å². The van der Waals surface area contributed by atoms with E-state index in [2.05, 4.69) is 21.8 Å². The normalized spacial score (nSPS) is 18.9. The zero-order valence-corrected chi connectivity index (χ0v) is 20.8. The van der Waals surface area contributed by atoms with E-state index in [0.717, 1.165) is 44.8 Å². The van der Waals surface area contributed by atoms with Crippen LogP contribution in [-0.4, -0.2) is 80.8 Å². The summed E-state index contributed by atoms with van der Waals surface area (Å²) in [6, 6.07) is 4.02. The summed E-state index contributed by atoms with van der Waals surface area (Å²) in [6.07, 6.45) is -4.26. The Morgan fingerprint density at radius 3 is 2.16 bits per heavy atom. The van der Waals surface area contributed by atoms with Crippen LogP contribution in [0.15, 0.2) is 30.0 Å². The summed E-state index contributed by atoms with van der Waals surface area (Å²) >= 11 is 1.75. The molecule has 1 spiro atoms. The molecular weight excluding hydrogens is 548 g/mol. The molecule has 2 N–H and O–H groups in total. The molecule has 1 unspecified atom stereocenters. The molecule has 1 atom stereocenters. The maximum absolute atomic E-state index is 10.6. The van der Waals surface area contributed by atoms with Crippen LogP contribution in [0, 0.1) is 6.92 Å². The molecule has 2 aromatic heterocycles. The molecule has 9 nitrogen and oxygen atoms in total. The van der Waals surface area contributed by atoms with Gasteiger partial charge in [-0.2, -0.15) is 26.3 Å². The molecule has 4 rings (SSSR count). The molecule has 2 aliphatic rings. The molecule has 2 aliphatic heterocycles. The summed E-state index contributed by atoms with van der Waals surface area (Å²) in [5.41, 5.74) is 4.27. The SMILES string of the molecule is Cc1ncsc1CN1CC2(CC(OCc3ccncc3)CCO2)C1.O=C(O)C(F)(F)F.O=C(O)C(F)(F)F. The molecule has 2 saturated heterocycles. The summed E-state index contributed by atoms with van der Waals surface area (Å²) in [5, 5.41) is 14.2. The Morgan fingerprint density at radius 1 is 1.13 bits per heavy atom. The Bertz CT molecular complexity index is 1020. The van der Waals surface area contributed by atoms with Crippen molar-refractivity contribution in [2.45, 2.75) is 57.0 Å². The first-order valence-electron chi connectivity index (χ1n) is 11.0. The standard InChI is InChI=1S/C18H23N3O2S.2C2HF3O2/c1-14-17(24-13-20-14)9-21-11-18(12-21)8-16(4-7-23-18)22-10-15-2-5-19-6-3-15;2*3-2(4,5)1(6)7/h2-3,5-6,13,16H,4,7-12H2,1H3;2*(H,6,7). The molecule has 16 heteroatoms. The summed E-state index contributed by atoms with van der Waals surface area (Å²) in [5.74, 6) is -5.51. The molecule has 2 aromatic rings. The molecule has 4 heterocycles. The van der Waals surface area contributed by atoms with E-state index in [4.69, 9.17) is 29.3 Å². The molecule has 0 aliphatic carbocycles. The Labute approximate surface area is 217 Å². The van der Waals surface area contributed by atoms with E-state index in [1.807, 2.05) is 30.0 Å². The second-order valence-electron chi connectivity index (χ2n) is 8.42. The van der Waals surface area contributed by atoms with Gasteiger partial charge in [0.15, 0.2) is 0 Å². The van der Waals surface area contributed by atoms with E-state index in [-0.39, 0.29) is 5.60 Å². The monoisotopic (exact) mass is 573 g/mol. The third kappa shape index (κ3) is 10.2. The Hall–Kier alpha value is -2.82. The van der Waals surface area contributed by atoms with Gasteiger partial charge in [-0.25, -0.2) is 14.6 Å². The fourth-order valence-electron chi connectivity index (χ4n) is 3.60. The predicted octanol–water partition coefficient (Wildman–Crippen LogP) is 4.06. The summed E-state index contributed by atoms with van der Waals surface area (Å²) in [6.45, 7) is 6.53. The first-order chi connectivity index (χ1) is 17.6. The highest BCUT2D eigenvalue weighted by molar-refractivity contribution is 7.09. The lowest BCUT2D eigenvalue weighted by Crippen LogP contribution is -2.65. The van der Waals surface area contributed by atoms with Crippen LogP contribution in [0.1, 0.15) is 29.0 Å². The van der Waals surface area contributed by atoms with Gasteiger partial charge in [0.05, 0.1) is 29.5 Å². The molecule has 0 amide bonds. The number of aryl methyl sites for hydroxylation is 1. The van der Waals surface area contributed by atoms with Crippen LogP contribution >= 0.6 is 11.3 Å². The number of pyridine rings is 1. The van der Waals surface area contributed by atoms with Gasteiger partial charge in [-0.3, -0.25) is 9.88 Å². The number of carboxylic acid groups (broad SMARTS) is 2. The van der Waals surface area contributed by atoms with Crippen LogP contribution in [0.4, 0.5) is 26.3 Å². The van der Waals surface area contributed by atoms with Crippen molar-refractivity contribution in [3.8, 4) is 0 Å². The molecular formula is C22H25F6N3O6S. The quantitative estimate of drug-likeness (QED) is 0.510. The van der Waals surface area contributed by atoms with Gasteiger partial charge in [0.1, 0.15) is 0 Å². The van der Waals surface area contributed by atoms with Crippen molar-refractivity contribution in [3.63, 3.8) is 0 Å². The number of nitrogens with zero attached hydrogens (tertiary/aromatic N) is 3. The molecule has 0 radical (unpaired) electrons. The van der Waals surface area contributed by atoms with Crippen molar-refractivity contribution in [2.24, 2.45) is 0 Å². The Morgan fingerprint density at radius 2 is 1.68 bits per heavy atom. The second kappa shape index (κ2) is 13.3. The number of carboxylic acids is 2. The van der Waals surface area contributed by atoms with Crippen molar-refractivity contribution >= 4 is 23.3 Å². The Balaban J connectivity index is 0.000000301. The van der Waals surface area contributed by atoms with Crippen molar-refractivity contribution in [3.05, 3.63) is 46.2 Å². The van der Waals surface area contributed by atoms with E-state index >= 15 is 0 Å². The van der Waals surface area contributed by atoms with Crippen molar-refractivity contribution < 1.29 is 55.6 Å². The summed E-state index contributed by atoms with van der Waals surface area (Å²) < 4.78 is 75.7. The number of ether oxygens (including phenoxy) is 2. The topological polar surface area (TPSA) is 122 Å². The van der Waals surface area contributed by atoms with E-state index in [9.17, 15) is 26.3 Å². The average molecular weight is 574 g/mol. The number of hydrogen-bond acceptors (Lipinski definition) is 8. The largest absolute Gasteiger partial charge is 0.490 e. The number of carbonyl (C=O) groups is 2. The lowest BCUT2D eigenvalue weighted by atomic mass is 9.84. The van der Waals surface area contributed by atoms with E-state index in [1.54, 1.807) is 11.3 Å². The first kappa shape index (κ1) is 31.4. The van der Waals surface area contributed by atoms with Gasteiger partial charge in [0.25, 0.3) is 0 Å². The molecule has 0 saturated carbocycles.